The summed E-state index contributed by atoms with van der Waals surface area (Å²) in [5, 5.41) is 3.23. The first-order valence-corrected chi connectivity index (χ1v) is 8.12. The molecule has 0 radical (unpaired) electrons. The standard InChI is InChI=1S/C14H20N2O3S/c1-19-13-3-2-4-14(11-13)20(17,18)16-10-7-12-5-8-15-9-6-12/h2-5,11,15-16H,6-10H2,1H3. The maximum Gasteiger partial charge on any atom is 0.240 e. The predicted octanol–water partition coefficient (Wildman–Crippen LogP) is 1.28. The van der Waals surface area contributed by atoms with Gasteiger partial charge in [-0.25, -0.2) is 13.1 Å². The molecule has 0 aliphatic carbocycles. The summed E-state index contributed by atoms with van der Waals surface area (Å²) in [5.74, 6) is 0.536. The number of rotatable bonds is 6. The lowest BCUT2D eigenvalue weighted by Gasteiger charge is -2.14. The first-order chi connectivity index (χ1) is 9.62. The number of methoxy groups -OCH3 is 1. The molecule has 110 valence electrons. The molecule has 0 saturated heterocycles. The van der Waals surface area contributed by atoms with Crippen molar-refractivity contribution < 1.29 is 13.2 Å². The summed E-state index contributed by atoms with van der Waals surface area (Å²) in [6, 6.07) is 6.47. The molecule has 2 N–H and O–H groups in total. The molecule has 0 spiro atoms. The lowest BCUT2D eigenvalue weighted by molar-refractivity contribution is 0.413. The molecule has 0 unspecified atom stereocenters. The maximum atomic E-state index is 12.1. The molecule has 1 aromatic rings. The van der Waals surface area contributed by atoms with E-state index >= 15 is 0 Å². The molecule has 0 fully saturated rings. The Balaban J connectivity index is 1.94. The van der Waals surface area contributed by atoms with Crippen LogP contribution in [0.15, 0.2) is 40.8 Å². The summed E-state index contributed by atoms with van der Waals surface area (Å²) in [7, 11) is -1.95. The second kappa shape index (κ2) is 6.88. The number of benzene rings is 1. The molecule has 0 amide bonds. The quantitative estimate of drug-likeness (QED) is 0.776. The fraction of sp³-hybridized carbons (Fsp3) is 0.429. The molecule has 5 nitrogen and oxygen atoms in total. The predicted molar refractivity (Wildman–Crippen MR) is 78.4 cm³/mol. The van der Waals surface area contributed by atoms with Gasteiger partial charge in [0.05, 0.1) is 12.0 Å². The van der Waals surface area contributed by atoms with Crippen LogP contribution in [-0.4, -0.2) is 35.2 Å². The van der Waals surface area contributed by atoms with Gasteiger partial charge in [-0.2, -0.15) is 0 Å². The third-order valence-corrected chi connectivity index (χ3v) is 4.71. The van der Waals surface area contributed by atoms with Gasteiger partial charge in [0.1, 0.15) is 5.75 Å². The zero-order valence-corrected chi connectivity index (χ0v) is 12.4. The fourth-order valence-corrected chi connectivity index (χ4v) is 3.16. The second-order valence-electron chi connectivity index (χ2n) is 4.64. The fourth-order valence-electron chi connectivity index (χ4n) is 2.09. The summed E-state index contributed by atoms with van der Waals surface area (Å²) < 4.78 is 32.0. The van der Waals surface area contributed by atoms with E-state index in [9.17, 15) is 8.42 Å². The highest BCUT2D eigenvalue weighted by atomic mass is 32.2. The zero-order valence-electron chi connectivity index (χ0n) is 11.6. The van der Waals surface area contributed by atoms with E-state index in [0.29, 0.717) is 12.3 Å². The minimum Gasteiger partial charge on any atom is -0.497 e. The Bertz CT molecular complexity index is 582. The molecule has 0 bridgehead atoms. The zero-order chi connectivity index (χ0) is 14.4. The molecule has 1 heterocycles. The van der Waals surface area contributed by atoms with E-state index in [2.05, 4.69) is 16.1 Å². The summed E-state index contributed by atoms with van der Waals surface area (Å²) in [6.45, 7) is 2.26. The van der Waals surface area contributed by atoms with Crippen LogP contribution >= 0.6 is 0 Å². The van der Waals surface area contributed by atoms with Gasteiger partial charge in [-0.3, -0.25) is 0 Å². The normalized spacial score (nSPS) is 15.8. The van der Waals surface area contributed by atoms with E-state index < -0.39 is 10.0 Å². The minimum atomic E-state index is -3.47. The Morgan fingerprint density at radius 3 is 2.95 bits per heavy atom. The van der Waals surface area contributed by atoms with E-state index in [1.54, 1.807) is 18.2 Å². The average molecular weight is 296 g/mol. The molecule has 0 saturated carbocycles. The van der Waals surface area contributed by atoms with Crippen LogP contribution in [0.2, 0.25) is 0 Å². The number of nitrogens with one attached hydrogen (secondary N) is 2. The largest absolute Gasteiger partial charge is 0.497 e. The van der Waals surface area contributed by atoms with Crippen molar-refractivity contribution in [2.45, 2.75) is 17.7 Å². The van der Waals surface area contributed by atoms with Crippen LogP contribution in [0.5, 0.6) is 5.75 Å². The van der Waals surface area contributed by atoms with E-state index in [1.807, 2.05) is 0 Å². The Morgan fingerprint density at radius 1 is 1.40 bits per heavy atom. The molecule has 0 atom stereocenters. The number of ether oxygens (including phenoxy) is 1. The number of hydrogen-bond donors (Lipinski definition) is 2. The molecular formula is C14H20N2O3S. The Kier molecular flexibility index (Phi) is 5.17. The van der Waals surface area contributed by atoms with Crippen molar-refractivity contribution in [1.29, 1.82) is 0 Å². The second-order valence-corrected chi connectivity index (χ2v) is 6.41. The Morgan fingerprint density at radius 2 is 2.25 bits per heavy atom. The lowest BCUT2D eigenvalue weighted by Crippen LogP contribution is -2.26. The van der Waals surface area contributed by atoms with Crippen LogP contribution in [0.25, 0.3) is 0 Å². The van der Waals surface area contributed by atoms with Crippen molar-refractivity contribution >= 4 is 10.0 Å². The van der Waals surface area contributed by atoms with Crippen molar-refractivity contribution in [3.63, 3.8) is 0 Å². The van der Waals surface area contributed by atoms with Gasteiger partial charge in [-0.05, 0) is 31.5 Å². The van der Waals surface area contributed by atoms with E-state index in [4.69, 9.17) is 4.74 Å². The van der Waals surface area contributed by atoms with E-state index in [-0.39, 0.29) is 4.90 Å². The number of hydrogen-bond acceptors (Lipinski definition) is 4. The summed E-state index contributed by atoms with van der Waals surface area (Å²) >= 11 is 0. The monoisotopic (exact) mass is 296 g/mol. The summed E-state index contributed by atoms with van der Waals surface area (Å²) in [5.41, 5.74) is 1.30. The van der Waals surface area contributed by atoms with Crippen molar-refractivity contribution in [2.75, 3.05) is 26.7 Å². The molecule has 20 heavy (non-hydrogen) atoms. The molecular weight excluding hydrogens is 276 g/mol. The highest BCUT2D eigenvalue weighted by molar-refractivity contribution is 7.89. The first kappa shape index (κ1) is 15.0. The van der Waals surface area contributed by atoms with E-state index in [1.165, 1.54) is 18.7 Å². The average Bonchev–Trinajstić information content (AvgIpc) is 2.48. The van der Waals surface area contributed by atoms with Crippen molar-refractivity contribution in [3.8, 4) is 5.75 Å². The maximum absolute atomic E-state index is 12.1. The van der Waals surface area contributed by atoms with Crippen LogP contribution in [0, 0.1) is 0 Å². The molecule has 1 aliphatic rings. The van der Waals surface area contributed by atoms with Gasteiger partial charge in [0.25, 0.3) is 0 Å². The summed E-state index contributed by atoms with van der Waals surface area (Å²) in [4.78, 5) is 0.233. The molecule has 2 rings (SSSR count). The van der Waals surface area contributed by atoms with Crippen molar-refractivity contribution in [3.05, 3.63) is 35.9 Å². The van der Waals surface area contributed by atoms with E-state index in [0.717, 1.165) is 25.9 Å². The highest BCUT2D eigenvalue weighted by Crippen LogP contribution is 2.17. The van der Waals surface area contributed by atoms with Crippen LogP contribution < -0.4 is 14.8 Å². The van der Waals surface area contributed by atoms with Crippen molar-refractivity contribution in [2.24, 2.45) is 0 Å². The Hall–Kier alpha value is -1.37. The van der Waals surface area contributed by atoms with Gasteiger partial charge >= 0.3 is 0 Å². The molecule has 1 aliphatic heterocycles. The first-order valence-electron chi connectivity index (χ1n) is 6.64. The Labute approximate surface area is 120 Å². The topological polar surface area (TPSA) is 67.4 Å². The van der Waals surface area contributed by atoms with Gasteiger partial charge in [0, 0.05) is 19.2 Å². The van der Waals surface area contributed by atoms with Crippen molar-refractivity contribution in [1.82, 2.24) is 10.0 Å². The highest BCUT2D eigenvalue weighted by Gasteiger charge is 2.14. The van der Waals surface area contributed by atoms with Gasteiger partial charge < -0.3 is 10.1 Å². The molecule has 1 aromatic carbocycles. The summed E-state index contributed by atoms with van der Waals surface area (Å²) in [6.07, 6.45) is 3.87. The number of sulfonamides is 1. The van der Waals surface area contributed by atoms with Crippen LogP contribution in [0.1, 0.15) is 12.8 Å². The SMILES string of the molecule is COc1cccc(S(=O)(=O)NCCC2=CCNCC2)c1. The minimum absolute atomic E-state index is 0.233. The molecule has 0 aromatic heterocycles. The van der Waals surface area contributed by atoms with Gasteiger partial charge in [-0.15, -0.1) is 0 Å². The van der Waals surface area contributed by atoms with Crippen LogP contribution in [0.4, 0.5) is 0 Å². The van der Waals surface area contributed by atoms with Crippen LogP contribution in [0.3, 0.4) is 0 Å². The molecule has 6 heteroatoms. The lowest BCUT2D eigenvalue weighted by atomic mass is 10.1. The smallest absolute Gasteiger partial charge is 0.240 e. The third-order valence-electron chi connectivity index (χ3n) is 3.25. The van der Waals surface area contributed by atoms with Gasteiger partial charge in [0.15, 0.2) is 0 Å². The van der Waals surface area contributed by atoms with Gasteiger partial charge in [0.2, 0.25) is 10.0 Å². The third kappa shape index (κ3) is 4.06. The van der Waals surface area contributed by atoms with Gasteiger partial charge in [-0.1, -0.05) is 17.7 Å². The van der Waals surface area contributed by atoms with Crippen LogP contribution in [-0.2, 0) is 10.0 Å².